The Labute approximate surface area is 184 Å². The molecule has 0 saturated heterocycles. The Hall–Kier alpha value is -3.91. The first-order chi connectivity index (χ1) is 15.3. The van der Waals surface area contributed by atoms with Crippen molar-refractivity contribution >= 4 is 23.7 Å². The average molecular weight is 404 g/mol. The number of para-hydroxylation sites is 1. The van der Waals surface area contributed by atoms with Crippen molar-refractivity contribution < 1.29 is 4.79 Å². The number of rotatable bonds is 2. The minimum absolute atomic E-state index is 0.0772. The molecular weight excluding hydrogens is 378 g/mol. The van der Waals surface area contributed by atoms with E-state index in [0.29, 0.717) is 13.0 Å². The number of benzene rings is 2. The van der Waals surface area contributed by atoms with Gasteiger partial charge in [-0.05, 0) is 28.3 Å². The van der Waals surface area contributed by atoms with Crippen LogP contribution in [0.25, 0.3) is 12.2 Å². The molecule has 2 aromatic carbocycles. The van der Waals surface area contributed by atoms with Crippen molar-refractivity contribution in [3.05, 3.63) is 138 Å². The third-order valence-corrected chi connectivity index (χ3v) is 5.22. The summed E-state index contributed by atoms with van der Waals surface area (Å²) in [4.78, 5) is 15.4. The van der Waals surface area contributed by atoms with Crippen LogP contribution < -0.4 is 4.90 Å². The van der Waals surface area contributed by atoms with E-state index < -0.39 is 0 Å². The first-order valence-electron chi connectivity index (χ1n) is 10.5. The molecule has 1 heterocycles. The van der Waals surface area contributed by atoms with Crippen LogP contribution in [0.3, 0.4) is 0 Å². The predicted octanol–water partition coefficient (Wildman–Crippen LogP) is 6.81. The van der Waals surface area contributed by atoms with E-state index in [1.165, 1.54) is 0 Å². The zero-order valence-corrected chi connectivity index (χ0v) is 17.4. The Kier molecular flexibility index (Phi) is 6.71. The van der Waals surface area contributed by atoms with E-state index in [9.17, 15) is 4.79 Å². The van der Waals surface area contributed by atoms with Gasteiger partial charge in [-0.1, -0.05) is 121 Å². The smallest absolute Gasteiger partial charge is 0.231 e. The Morgan fingerprint density at radius 1 is 0.677 bits per heavy atom. The number of allylic oxidation sites excluding steroid dienone is 11. The lowest BCUT2D eigenvalue weighted by Gasteiger charge is -2.27. The van der Waals surface area contributed by atoms with Gasteiger partial charge in [0.1, 0.15) is 0 Å². The molecule has 0 aromatic heterocycles. The number of nitrogens with zero attached hydrogens (tertiary/aromatic N) is 1. The van der Waals surface area contributed by atoms with Gasteiger partial charge in [0.2, 0.25) is 5.91 Å². The Balaban J connectivity index is 1.66. The van der Waals surface area contributed by atoms with Gasteiger partial charge in [0, 0.05) is 0 Å². The topological polar surface area (TPSA) is 20.3 Å². The van der Waals surface area contributed by atoms with Gasteiger partial charge in [-0.3, -0.25) is 4.79 Å². The van der Waals surface area contributed by atoms with E-state index in [2.05, 4.69) is 30.4 Å². The number of carbonyl (C=O) groups is 1. The van der Waals surface area contributed by atoms with Crippen LogP contribution in [0.4, 0.5) is 5.69 Å². The molecule has 0 atom stereocenters. The lowest BCUT2D eigenvalue weighted by Crippen LogP contribution is -2.31. The van der Waals surface area contributed by atoms with Crippen molar-refractivity contribution in [3.8, 4) is 0 Å². The maximum Gasteiger partial charge on any atom is 0.231 e. The number of carbonyl (C=O) groups excluding carboxylic acids is 1. The lowest BCUT2D eigenvalue weighted by molar-refractivity contribution is -0.118. The molecule has 0 bridgehead atoms. The van der Waals surface area contributed by atoms with E-state index in [1.54, 1.807) is 0 Å². The summed E-state index contributed by atoms with van der Waals surface area (Å²) < 4.78 is 0. The molecule has 0 fully saturated rings. The number of hydrogen-bond donors (Lipinski definition) is 0. The summed E-state index contributed by atoms with van der Waals surface area (Å²) >= 11 is 0. The highest BCUT2D eigenvalue weighted by Crippen LogP contribution is 2.29. The largest absolute Gasteiger partial charge is 0.307 e. The molecule has 2 aromatic rings. The van der Waals surface area contributed by atoms with Gasteiger partial charge in [0.25, 0.3) is 0 Å². The summed E-state index contributed by atoms with van der Waals surface area (Å²) in [6.07, 6.45) is 26.3. The molecule has 4 rings (SSSR count). The second-order valence-electron chi connectivity index (χ2n) is 7.39. The molecule has 1 aliphatic carbocycles. The first-order valence-corrected chi connectivity index (χ1v) is 10.5. The molecule has 2 heteroatoms. The van der Waals surface area contributed by atoms with Gasteiger partial charge >= 0.3 is 0 Å². The molecule has 0 N–H and O–H groups in total. The highest BCUT2D eigenvalue weighted by atomic mass is 16.2. The standard InChI is InChI=1S/C29H25NO/c31-29(22-24-14-8-6-4-2-1-3-5-7-9-15-24)30-23-27-18-11-10-16-25(27)20-21-26-17-12-13-19-28(26)30/h1-21H,22-23H2/b2-1-,3-1?,4-2?,5-3-,6-4-,7-5?,8-6?,9-7-,14-8-,15-9?,21-20-,24-14?,24-15+. The second-order valence-corrected chi connectivity index (χ2v) is 7.39. The van der Waals surface area contributed by atoms with Crippen LogP contribution >= 0.6 is 0 Å². The van der Waals surface area contributed by atoms with Gasteiger partial charge in [0.05, 0.1) is 18.7 Å². The van der Waals surface area contributed by atoms with Crippen molar-refractivity contribution in [2.24, 2.45) is 0 Å². The quantitative estimate of drug-likeness (QED) is 0.539. The maximum atomic E-state index is 13.5. The molecule has 31 heavy (non-hydrogen) atoms. The minimum atomic E-state index is 0.0772. The highest BCUT2D eigenvalue weighted by molar-refractivity contribution is 5.98. The average Bonchev–Trinajstić information content (AvgIpc) is 2.77. The van der Waals surface area contributed by atoms with E-state index in [0.717, 1.165) is 28.0 Å². The van der Waals surface area contributed by atoms with Gasteiger partial charge in [-0.2, -0.15) is 0 Å². The van der Waals surface area contributed by atoms with Gasteiger partial charge < -0.3 is 4.90 Å². The Bertz CT molecular complexity index is 1150. The summed E-state index contributed by atoms with van der Waals surface area (Å²) in [7, 11) is 0. The molecule has 2 nitrogen and oxygen atoms in total. The number of fused-ring (bicyclic) bond motifs is 2. The monoisotopic (exact) mass is 403 g/mol. The van der Waals surface area contributed by atoms with E-state index in [-0.39, 0.29) is 5.91 Å². The second kappa shape index (κ2) is 10.2. The van der Waals surface area contributed by atoms with Crippen molar-refractivity contribution in [2.45, 2.75) is 13.0 Å². The van der Waals surface area contributed by atoms with Crippen molar-refractivity contribution in [2.75, 3.05) is 4.90 Å². The molecule has 0 spiro atoms. The SMILES string of the molecule is O=C(CC1=C/C=C\C=C/C=C\C=C/C=C\1)N1Cc2ccccc2/C=C\c2ccccc21. The van der Waals surface area contributed by atoms with Crippen molar-refractivity contribution in [3.63, 3.8) is 0 Å². The molecule has 0 unspecified atom stereocenters. The third kappa shape index (κ3) is 5.37. The van der Waals surface area contributed by atoms with Gasteiger partial charge in [-0.25, -0.2) is 0 Å². The van der Waals surface area contributed by atoms with Crippen LogP contribution in [0.15, 0.2) is 121 Å². The lowest BCUT2D eigenvalue weighted by atomic mass is 10.00. The normalized spacial score (nSPS) is 23.1. The summed E-state index contributed by atoms with van der Waals surface area (Å²) in [5.41, 5.74) is 5.25. The van der Waals surface area contributed by atoms with E-state index in [1.807, 2.05) is 102 Å². The fraction of sp³-hybridized carbons (Fsp3) is 0.0690. The minimum Gasteiger partial charge on any atom is -0.307 e. The van der Waals surface area contributed by atoms with E-state index >= 15 is 0 Å². The molecule has 152 valence electrons. The maximum absolute atomic E-state index is 13.5. The van der Waals surface area contributed by atoms with Gasteiger partial charge in [0.15, 0.2) is 0 Å². The van der Waals surface area contributed by atoms with Crippen LogP contribution in [-0.4, -0.2) is 5.91 Å². The van der Waals surface area contributed by atoms with Crippen LogP contribution in [0.2, 0.25) is 0 Å². The Morgan fingerprint density at radius 2 is 1.29 bits per heavy atom. The number of anilines is 1. The van der Waals surface area contributed by atoms with E-state index in [4.69, 9.17) is 0 Å². The fourth-order valence-corrected chi connectivity index (χ4v) is 3.62. The molecular formula is C29H25NO. The molecule has 0 saturated carbocycles. The van der Waals surface area contributed by atoms with Crippen LogP contribution in [0, 0.1) is 0 Å². The van der Waals surface area contributed by atoms with Gasteiger partial charge in [-0.15, -0.1) is 0 Å². The number of hydrogen-bond acceptors (Lipinski definition) is 1. The molecule has 2 aliphatic rings. The summed E-state index contributed by atoms with van der Waals surface area (Å²) in [6, 6.07) is 16.3. The summed E-state index contributed by atoms with van der Waals surface area (Å²) in [5, 5.41) is 0. The first kappa shape index (κ1) is 20.4. The van der Waals surface area contributed by atoms with Crippen LogP contribution in [-0.2, 0) is 11.3 Å². The Morgan fingerprint density at radius 3 is 2.10 bits per heavy atom. The molecule has 0 radical (unpaired) electrons. The third-order valence-electron chi connectivity index (χ3n) is 5.22. The van der Waals surface area contributed by atoms with Crippen molar-refractivity contribution in [1.29, 1.82) is 0 Å². The van der Waals surface area contributed by atoms with Crippen LogP contribution in [0.1, 0.15) is 23.1 Å². The summed E-state index contributed by atoms with van der Waals surface area (Å²) in [6.45, 7) is 0.552. The van der Waals surface area contributed by atoms with Crippen molar-refractivity contribution in [1.82, 2.24) is 0 Å². The number of amides is 1. The fourth-order valence-electron chi connectivity index (χ4n) is 3.62. The zero-order chi connectivity index (χ0) is 21.3. The molecule has 1 aliphatic heterocycles. The summed E-state index contributed by atoms with van der Waals surface area (Å²) in [5.74, 6) is 0.0772. The zero-order valence-electron chi connectivity index (χ0n) is 17.4. The highest BCUT2D eigenvalue weighted by Gasteiger charge is 2.21. The van der Waals surface area contributed by atoms with Crippen LogP contribution in [0.5, 0.6) is 0 Å². The molecule has 1 amide bonds. The predicted molar refractivity (Wildman–Crippen MR) is 131 cm³/mol.